The quantitative estimate of drug-likeness (QED) is 0.542. The van der Waals surface area contributed by atoms with Crippen LogP contribution in [0.2, 0.25) is 0 Å². The van der Waals surface area contributed by atoms with E-state index in [1.165, 1.54) is 0 Å². The zero-order valence-electron chi connectivity index (χ0n) is 19.2. The van der Waals surface area contributed by atoms with E-state index < -0.39 is 0 Å². The summed E-state index contributed by atoms with van der Waals surface area (Å²) in [6, 6.07) is 9.71. The SMILES string of the molecule is COc1ccc(-c2nc(CCNC(=O)C3CCCN(c4ccc(C)nn4)C3)cs2)cc1OC. The van der Waals surface area contributed by atoms with E-state index in [0.29, 0.717) is 31.0 Å². The summed E-state index contributed by atoms with van der Waals surface area (Å²) in [5.41, 5.74) is 2.83. The molecule has 0 radical (unpaired) electrons. The van der Waals surface area contributed by atoms with Crippen LogP contribution in [0.25, 0.3) is 10.6 Å². The van der Waals surface area contributed by atoms with Crippen molar-refractivity contribution in [2.75, 3.05) is 38.8 Å². The third-order valence-electron chi connectivity index (χ3n) is 5.76. The predicted molar refractivity (Wildman–Crippen MR) is 129 cm³/mol. The first kappa shape index (κ1) is 23.0. The second-order valence-corrected chi connectivity index (χ2v) is 8.93. The molecule has 1 N–H and O–H groups in total. The maximum atomic E-state index is 12.8. The molecule has 1 amide bonds. The van der Waals surface area contributed by atoms with Crippen LogP contribution in [-0.2, 0) is 11.2 Å². The summed E-state index contributed by atoms with van der Waals surface area (Å²) in [5, 5.41) is 14.5. The summed E-state index contributed by atoms with van der Waals surface area (Å²) in [6.07, 6.45) is 2.55. The molecule has 1 aliphatic heterocycles. The molecule has 1 fully saturated rings. The molecule has 0 aliphatic carbocycles. The first-order valence-electron chi connectivity index (χ1n) is 11.1. The fourth-order valence-electron chi connectivity index (χ4n) is 3.94. The molecule has 8 nitrogen and oxygen atoms in total. The fourth-order valence-corrected chi connectivity index (χ4v) is 4.79. The van der Waals surface area contributed by atoms with E-state index in [1.807, 2.05) is 42.6 Å². The number of nitrogens with one attached hydrogen (secondary N) is 1. The molecule has 0 saturated carbocycles. The Labute approximate surface area is 198 Å². The van der Waals surface area contributed by atoms with E-state index in [9.17, 15) is 4.79 Å². The smallest absolute Gasteiger partial charge is 0.224 e. The molecule has 33 heavy (non-hydrogen) atoms. The minimum atomic E-state index is -0.0420. The van der Waals surface area contributed by atoms with Crippen molar-refractivity contribution in [1.82, 2.24) is 20.5 Å². The zero-order chi connectivity index (χ0) is 23.2. The number of carbonyl (C=O) groups excluding carboxylic acids is 1. The van der Waals surface area contributed by atoms with Crippen LogP contribution in [-0.4, -0.2) is 54.9 Å². The van der Waals surface area contributed by atoms with Gasteiger partial charge in [0.05, 0.1) is 31.5 Å². The monoisotopic (exact) mass is 467 g/mol. The van der Waals surface area contributed by atoms with E-state index in [0.717, 1.165) is 47.2 Å². The van der Waals surface area contributed by atoms with Crippen molar-refractivity contribution in [2.24, 2.45) is 5.92 Å². The number of nitrogens with zero attached hydrogens (tertiary/aromatic N) is 4. The van der Waals surface area contributed by atoms with Gasteiger partial charge in [-0.3, -0.25) is 4.79 Å². The second kappa shape index (κ2) is 10.6. The van der Waals surface area contributed by atoms with Gasteiger partial charge >= 0.3 is 0 Å². The molecular formula is C24H29N5O3S. The Balaban J connectivity index is 1.29. The highest BCUT2D eigenvalue weighted by Gasteiger charge is 2.26. The first-order chi connectivity index (χ1) is 16.1. The van der Waals surface area contributed by atoms with Gasteiger partial charge in [-0.1, -0.05) is 0 Å². The van der Waals surface area contributed by atoms with Crippen molar-refractivity contribution in [3.63, 3.8) is 0 Å². The van der Waals surface area contributed by atoms with Crippen molar-refractivity contribution < 1.29 is 14.3 Å². The van der Waals surface area contributed by atoms with E-state index in [-0.39, 0.29) is 11.8 Å². The molecule has 1 unspecified atom stereocenters. The summed E-state index contributed by atoms with van der Waals surface area (Å²) in [6.45, 7) is 4.06. The molecule has 2 aromatic heterocycles. The van der Waals surface area contributed by atoms with E-state index >= 15 is 0 Å². The normalized spacial score (nSPS) is 15.8. The van der Waals surface area contributed by atoms with Crippen molar-refractivity contribution in [2.45, 2.75) is 26.2 Å². The third kappa shape index (κ3) is 5.60. The minimum absolute atomic E-state index is 0.0420. The Hall–Kier alpha value is -3.20. The number of aromatic nitrogens is 3. The van der Waals surface area contributed by atoms with Gasteiger partial charge in [-0.25, -0.2) is 4.98 Å². The predicted octanol–water partition coefficient (Wildman–Crippen LogP) is 3.50. The molecule has 1 atom stereocenters. The first-order valence-corrected chi connectivity index (χ1v) is 11.9. The zero-order valence-corrected chi connectivity index (χ0v) is 20.0. The number of amides is 1. The summed E-state index contributed by atoms with van der Waals surface area (Å²) >= 11 is 1.58. The average Bonchev–Trinajstić information content (AvgIpc) is 3.33. The number of rotatable bonds is 8. The largest absolute Gasteiger partial charge is 0.493 e. The molecule has 3 heterocycles. The van der Waals surface area contributed by atoms with Crippen molar-refractivity contribution in [3.8, 4) is 22.1 Å². The third-order valence-corrected chi connectivity index (χ3v) is 6.70. The summed E-state index contributed by atoms with van der Waals surface area (Å²) < 4.78 is 10.7. The van der Waals surface area contributed by atoms with Gasteiger partial charge < -0.3 is 19.7 Å². The molecule has 9 heteroatoms. The molecule has 4 rings (SSSR count). The van der Waals surface area contributed by atoms with Gasteiger partial charge in [0.25, 0.3) is 0 Å². The molecule has 3 aromatic rings. The Morgan fingerprint density at radius 2 is 2.03 bits per heavy atom. The van der Waals surface area contributed by atoms with E-state index in [2.05, 4.69) is 20.4 Å². The summed E-state index contributed by atoms with van der Waals surface area (Å²) in [4.78, 5) is 19.6. The van der Waals surface area contributed by atoms with Gasteiger partial charge in [0.1, 0.15) is 5.01 Å². The lowest BCUT2D eigenvalue weighted by Crippen LogP contribution is -2.43. The van der Waals surface area contributed by atoms with Gasteiger partial charge in [-0.05, 0) is 50.1 Å². The number of thiazole rings is 1. The van der Waals surface area contributed by atoms with E-state index in [4.69, 9.17) is 14.5 Å². The van der Waals surface area contributed by atoms with Crippen LogP contribution < -0.4 is 19.7 Å². The molecule has 1 aromatic carbocycles. The van der Waals surface area contributed by atoms with Crippen LogP contribution in [0.4, 0.5) is 5.82 Å². The lowest BCUT2D eigenvalue weighted by molar-refractivity contribution is -0.125. The number of benzene rings is 1. The van der Waals surface area contributed by atoms with Crippen LogP contribution in [0.3, 0.4) is 0 Å². The van der Waals surface area contributed by atoms with E-state index in [1.54, 1.807) is 25.6 Å². The highest BCUT2D eigenvalue weighted by molar-refractivity contribution is 7.13. The van der Waals surface area contributed by atoms with Crippen LogP contribution in [0, 0.1) is 12.8 Å². The molecule has 174 valence electrons. The highest BCUT2D eigenvalue weighted by atomic mass is 32.1. The Morgan fingerprint density at radius 1 is 1.18 bits per heavy atom. The second-order valence-electron chi connectivity index (χ2n) is 8.07. The molecular weight excluding hydrogens is 438 g/mol. The van der Waals surface area contributed by atoms with Gasteiger partial charge in [-0.2, -0.15) is 5.10 Å². The van der Waals surface area contributed by atoms with Crippen molar-refractivity contribution in [1.29, 1.82) is 0 Å². The topological polar surface area (TPSA) is 89.5 Å². The van der Waals surface area contributed by atoms with Gasteiger partial charge in [0, 0.05) is 37.0 Å². The number of methoxy groups -OCH3 is 2. The van der Waals surface area contributed by atoms with Crippen molar-refractivity contribution in [3.05, 3.63) is 47.1 Å². The van der Waals surface area contributed by atoms with Gasteiger partial charge in [0.15, 0.2) is 17.3 Å². The maximum Gasteiger partial charge on any atom is 0.224 e. The Bertz CT molecular complexity index is 1090. The molecule has 1 saturated heterocycles. The molecule has 1 aliphatic rings. The number of anilines is 1. The van der Waals surface area contributed by atoms with Gasteiger partial charge in [0.2, 0.25) is 5.91 Å². The maximum absolute atomic E-state index is 12.8. The number of aryl methyl sites for hydroxylation is 1. The van der Waals surface area contributed by atoms with Crippen LogP contribution in [0.15, 0.2) is 35.7 Å². The fraction of sp³-hybridized carbons (Fsp3) is 0.417. The number of hydrogen-bond donors (Lipinski definition) is 1. The van der Waals surface area contributed by atoms with Crippen LogP contribution >= 0.6 is 11.3 Å². The highest BCUT2D eigenvalue weighted by Crippen LogP contribution is 2.33. The van der Waals surface area contributed by atoms with Crippen molar-refractivity contribution >= 4 is 23.1 Å². The number of carbonyl (C=O) groups is 1. The lowest BCUT2D eigenvalue weighted by atomic mass is 9.97. The summed E-state index contributed by atoms with van der Waals surface area (Å²) in [7, 11) is 3.24. The number of piperidine rings is 1. The number of ether oxygens (including phenoxy) is 2. The average molecular weight is 468 g/mol. The lowest BCUT2D eigenvalue weighted by Gasteiger charge is -2.32. The van der Waals surface area contributed by atoms with Crippen LogP contribution in [0.1, 0.15) is 24.2 Å². The molecule has 0 spiro atoms. The number of hydrogen-bond acceptors (Lipinski definition) is 8. The molecule has 0 bridgehead atoms. The summed E-state index contributed by atoms with van der Waals surface area (Å²) in [5.74, 6) is 2.26. The van der Waals surface area contributed by atoms with Gasteiger partial charge in [-0.15, -0.1) is 16.4 Å². The van der Waals surface area contributed by atoms with Crippen LogP contribution in [0.5, 0.6) is 11.5 Å². The Kier molecular flexibility index (Phi) is 7.39. The minimum Gasteiger partial charge on any atom is -0.493 e. The Morgan fingerprint density at radius 3 is 2.79 bits per heavy atom. The standard InChI is InChI=1S/C24H29N5O3S/c1-16-6-9-22(28-27-16)29-12-4-5-18(14-29)23(30)25-11-10-19-15-33-24(26-19)17-7-8-20(31-2)21(13-17)32-3/h6-9,13,15,18H,4-5,10-12,14H2,1-3H3,(H,25,30).